The minimum atomic E-state index is -0.535. The van der Waals surface area contributed by atoms with Crippen LogP contribution in [0.15, 0.2) is 18.2 Å². The Balaban J connectivity index is 2.38. The van der Waals surface area contributed by atoms with Gasteiger partial charge in [-0.1, -0.05) is 6.92 Å². The lowest BCUT2D eigenvalue weighted by molar-refractivity contribution is -0.125. The second-order valence-electron chi connectivity index (χ2n) is 4.67. The molecular weight excluding hydrogens is 242 g/mol. The zero-order valence-corrected chi connectivity index (χ0v) is 11.1. The number of carbonyl (C=O) groups excluding carboxylic acids is 1. The van der Waals surface area contributed by atoms with Crippen molar-refractivity contribution in [3.63, 3.8) is 0 Å². The highest BCUT2D eigenvalue weighted by molar-refractivity contribution is 6.00. The largest absolute Gasteiger partial charge is 0.479 e. The third-order valence-electron chi connectivity index (χ3n) is 3.27. The van der Waals surface area contributed by atoms with Crippen LogP contribution < -0.4 is 15.4 Å². The Kier molecular flexibility index (Phi) is 3.61. The van der Waals surface area contributed by atoms with Gasteiger partial charge in [-0.05, 0) is 31.5 Å². The minimum absolute atomic E-state index is 0.133. The number of anilines is 2. The van der Waals surface area contributed by atoms with Crippen LogP contribution in [0.25, 0.3) is 0 Å². The smallest absolute Gasteiger partial charge is 0.267 e. The zero-order valence-electron chi connectivity index (χ0n) is 11.1. The summed E-state index contributed by atoms with van der Waals surface area (Å²) in [5, 5.41) is 9.07. The van der Waals surface area contributed by atoms with E-state index in [-0.39, 0.29) is 11.8 Å². The van der Waals surface area contributed by atoms with Crippen molar-refractivity contribution in [2.24, 2.45) is 5.92 Å². The van der Waals surface area contributed by atoms with Gasteiger partial charge in [0, 0.05) is 12.2 Å². The SMILES string of the molecule is CCC(C#N)CN1C(=O)C(C)Oc2ccc(N)cc21. The van der Waals surface area contributed by atoms with E-state index in [0.717, 1.165) is 0 Å². The molecule has 0 spiro atoms. The molecule has 0 fully saturated rings. The van der Waals surface area contributed by atoms with Crippen LogP contribution in [0.5, 0.6) is 5.75 Å². The molecule has 1 heterocycles. The summed E-state index contributed by atoms with van der Waals surface area (Å²) in [4.78, 5) is 13.8. The maximum absolute atomic E-state index is 12.2. The quantitative estimate of drug-likeness (QED) is 0.841. The number of rotatable bonds is 3. The maximum Gasteiger partial charge on any atom is 0.267 e. The monoisotopic (exact) mass is 259 g/mol. The first-order valence-electron chi connectivity index (χ1n) is 6.34. The van der Waals surface area contributed by atoms with Crippen molar-refractivity contribution < 1.29 is 9.53 Å². The van der Waals surface area contributed by atoms with Gasteiger partial charge in [0.05, 0.1) is 17.7 Å². The molecule has 0 radical (unpaired) electrons. The normalized spacial score (nSPS) is 19.3. The first kappa shape index (κ1) is 13.2. The Labute approximate surface area is 112 Å². The van der Waals surface area contributed by atoms with E-state index in [0.29, 0.717) is 30.1 Å². The molecule has 1 amide bonds. The van der Waals surface area contributed by atoms with Crippen LogP contribution in [0.1, 0.15) is 20.3 Å². The molecule has 0 saturated carbocycles. The predicted molar refractivity (Wildman–Crippen MR) is 72.7 cm³/mol. The van der Waals surface area contributed by atoms with Gasteiger partial charge in [-0.3, -0.25) is 4.79 Å². The summed E-state index contributed by atoms with van der Waals surface area (Å²) in [5.41, 5.74) is 6.98. The summed E-state index contributed by atoms with van der Waals surface area (Å²) in [6.45, 7) is 4.01. The number of benzene rings is 1. The van der Waals surface area contributed by atoms with Crippen LogP contribution in [0.4, 0.5) is 11.4 Å². The second kappa shape index (κ2) is 5.19. The number of amides is 1. The van der Waals surface area contributed by atoms with Crippen LogP contribution in [0.2, 0.25) is 0 Å². The molecule has 0 bridgehead atoms. The Morgan fingerprint density at radius 3 is 2.95 bits per heavy atom. The fourth-order valence-electron chi connectivity index (χ4n) is 2.09. The van der Waals surface area contributed by atoms with Gasteiger partial charge in [0.25, 0.3) is 5.91 Å². The number of nitrogens with two attached hydrogens (primary N) is 1. The third kappa shape index (κ3) is 2.48. The lowest BCUT2D eigenvalue weighted by Crippen LogP contribution is -2.46. The summed E-state index contributed by atoms with van der Waals surface area (Å²) >= 11 is 0. The van der Waals surface area contributed by atoms with Crippen molar-refractivity contribution >= 4 is 17.3 Å². The molecule has 2 rings (SSSR count). The molecule has 2 atom stereocenters. The number of nitrogen functional groups attached to an aromatic ring is 1. The minimum Gasteiger partial charge on any atom is -0.479 e. The van der Waals surface area contributed by atoms with Crippen LogP contribution >= 0.6 is 0 Å². The van der Waals surface area contributed by atoms with Gasteiger partial charge in [0.15, 0.2) is 6.10 Å². The van der Waals surface area contributed by atoms with Gasteiger partial charge in [-0.2, -0.15) is 5.26 Å². The highest BCUT2D eigenvalue weighted by Gasteiger charge is 2.32. The van der Waals surface area contributed by atoms with Crippen LogP contribution in [-0.2, 0) is 4.79 Å². The Morgan fingerprint density at radius 2 is 2.32 bits per heavy atom. The van der Waals surface area contributed by atoms with E-state index in [9.17, 15) is 4.79 Å². The van der Waals surface area contributed by atoms with Crippen molar-refractivity contribution in [1.82, 2.24) is 0 Å². The second-order valence-corrected chi connectivity index (χ2v) is 4.67. The lowest BCUT2D eigenvalue weighted by Gasteiger charge is -2.34. The van der Waals surface area contributed by atoms with Crippen molar-refractivity contribution in [2.45, 2.75) is 26.4 Å². The average Bonchev–Trinajstić information content (AvgIpc) is 2.40. The van der Waals surface area contributed by atoms with Crippen LogP contribution in [0, 0.1) is 17.2 Å². The van der Waals surface area contributed by atoms with E-state index in [4.69, 9.17) is 15.7 Å². The number of hydrogen-bond acceptors (Lipinski definition) is 4. The van der Waals surface area contributed by atoms with Gasteiger partial charge < -0.3 is 15.4 Å². The number of nitrogens with zero attached hydrogens (tertiary/aromatic N) is 2. The van der Waals surface area contributed by atoms with E-state index >= 15 is 0 Å². The van der Waals surface area contributed by atoms with Crippen molar-refractivity contribution in [3.8, 4) is 11.8 Å². The molecule has 1 aliphatic rings. The Bertz CT molecular complexity index is 536. The van der Waals surface area contributed by atoms with E-state index in [1.807, 2.05) is 6.92 Å². The number of fused-ring (bicyclic) bond motifs is 1. The van der Waals surface area contributed by atoms with Crippen molar-refractivity contribution in [1.29, 1.82) is 5.26 Å². The molecule has 2 unspecified atom stereocenters. The predicted octanol–water partition coefficient (Wildman–Crippen LogP) is 1.93. The molecule has 1 aromatic rings. The molecule has 0 aliphatic carbocycles. The molecule has 0 saturated heterocycles. The average molecular weight is 259 g/mol. The molecule has 5 nitrogen and oxygen atoms in total. The first-order valence-corrected chi connectivity index (χ1v) is 6.34. The molecular formula is C14H17N3O2. The third-order valence-corrected chi connectivity index (χ3v) is 3.27. The fourth-order valence-corrected chi connectivity index (χ4v) is 2.09. The summed E-state index contributed by atoms with van der Waals surface area (Å²) in [7, 11) is 0. The highest BCUT2D eigenvalue weighted by Crippen LogP contribution is 2.36. The molecule has 100 valence electrons. The summed E-state index contributed by atoms with van der Waals surface area (Å²) in [6.07, 6.45) is 0.167. The van der Waals surface area contributed by atoms with Crippen molar-refractivity contribution in [2.75, 3.05) is 17.2 Å². The van der Waals surface area contributed by atoms with Gasteiger partial charge in [-0.25, -0.2) is 0 Å². The topological polar surface area (TPSA) is 79.3 Å². The summed E-state index contributed by atoms with van der Waals surface area (Å²) in [6, 6.07) is 7.42. The van der Waals surface area contributed by atoms with E-state index in [2.05, 4.69) is 6.07 Å². The zero-order chi connectivity index (χ0) is 14.0. The van der Waals surface area contributed by atoms with Gasteiger partial charge >= 0.3 is 0 Å². The van der Waals surface area contributed by atoms with Crippen LogP contribution in [0.3, 0.4) is 0 Å². The number of carbonyl (C=O) groups is 1. The van der Waals surface area contributed by atoms with E-state index < -0.39 is 6.10 Å². The number of hydrogen-bond donors (Lipinski definition) is 1. The standard InChI is InChI=1S/C14H17N3O2/c1-3-10(7-15)8-17-12-6-11(16)4-5-13(12)19-9(2)14(17)18/h4-6,9-10H,3,8,16H2,1-2H3. The molecule has 2 N–H and O–H groups in total. The molecule has 1 aromatic carbocycles. The molecule has 19 heavy (non-hydrogen) atoms. The summed E-state index contributed by atoms with van der Waals surface area (Å²) in [5.74, 6) is 0.310. The Morgan fingerprint density at radius 1 is 1.58 bits per heavy atom. The van der Waals surface area contributed by atoms with Gasteiger partial charge in [0.1, 0.15) is 5.75 Å². The van der Waals surface area contributed by atoms with E-state index in [1.54, 1.807) is 30.0 Å². The summed E-state index contributed by atoms with van der Waals surface area (Å²) < 4.78 is 5.55. The van der Waals surface area contributed by atoms with Crippen LogP contribution in [-0.4, -0.2) is 18.6 Å². The lowest BCUT2D eigenvalue weighted by atomic mass is 10.1. The van der Waals surface area contributed by atoms with Gasteiger partial charge in [-0.15, -0.1) is 0 Å². The maximum atomic E-state index is 12.2. The number of ether oxygens (including phenoxy) is 1. The van der Waals surface area contributed by atoms with Crippen molar-refractivity contribution in [3.05, 3.63) is 18.2 Å². The number of nitriles is 1. The first-order chi connectivity index (χ1) is 9.06. The molecule has 0 aromatic heterocycles. The molecule has 5 heteroatoms. The van der Waals surface area contributed by atoms with Gasteiger partial charge in [0.2, 0.25) is 0 Å². The highest BCUT2D eigenvalue weighted by atomic mass is 16.5. The van der Waals surface area contributed by atoms with E-state index in [1.165, 1.54) is 0 Å². The fraction of sp³-hybridized carbons (Fsp3) is 0.429. The Hall–Kier alpha value is -2.22. The molecule has 1 aliphatic heterocycles.